The van der Waals surface area contributed by atoms with Gasteiger partial charge in [0.1, 0.15) is 5.82 Å². The van der Waals surface area contributed by atoms with Crippen LogP contribution in [0.2, 0.25) is 0 Å². The zero-order chi connectivity index (χ0) is 22.8. The lowest BCUT2D eigenvalue weighted by Crippen LogP contribution is -2.47. The predicted molar refractivity (Wildman–Crippen MR) is 131 cm³/mol. The van der Waals surface area contributed by atoms with Crippen LogP contribution < -0.4 is 5.32 Å². The molecular weight excluding hydrogens is 458 g/mol. The molecule has 0 saturated carbocycles. The molecule has 0 spiro atoms. The number of sulfonamides is 1. The summed E-state index contributed by atoms with van der Waals surface area (Å²) in [6.45, 7) is 3.88. The zero-order valence-corrected chi connectivity index (χ0v) is 19.9. The number of benzene rings is 1. The third-order valence-corrected chi connectivity index (χ3v) is 8.09. The molecule has 1 fully saturated rings. The van der Waals surface area contributed by atoms with Crippen molar-refractivity contribution in [2.24, 2.45) is 4.99 Å². The van der Waals surface area contributed by atoms with E-state index in [2.05, 4.69) is 48.6 Å². The number of pyridine rings is 1. The maximum Gasteiger partial charge on any atom is 0.211 e. The fourth-order valence-electron chi connectivity index (χ4n) is 3.95. The number of amidine groups is 1. The van der Waals surface area contributed by atoms with Crippen LogP contribution >= 0.6 is 11.8 Å². The topological polar surface area (TPSA) is 107 Å². The molecule has 0 atom stereocenters. The van der Waals surface area contributed by atoms with Gasteiger partial charge in [0, 0.05) is 55.6 Å². The number of rotatable bonds is 5. The molecule has 2 aliphatic heterocycles. The highest BCUT2D eigenvalue weighted by atomic mass is 32.2. The number of nitrogens with one attached hydrogen (secondary N) is 2. The van der Waals surface area contributed by atoms with Gasteiger partial charge in [-0.2, -0.15) is 9.40 Å². The van der Waals surface area contributed by atoms with E-state index in [1.165, 1.54) is 21.0 Å². The van der Waals surface area contributed by atoms with E-state index in [1.807, 2.05) is 24.5 Å². The Hall–Kier alpha value is -2.73. The van der Waals surface area contributed by atoms with Crippen LogP contribution in [-0.4, -0.2) is 70.4 Å². The molecule has 2 aliphatic rings. The monoisotopic (exact) mass is 483 g/mol. The lowest BCUT2D eigenvalue weighted by Gasteiger charge is -2.33. The van der Waals surface area contributed by atoms with Gasteiger partial charge in [-0.1, -0.05) is 23.9 Å². The summed E-state index contributed by atoms with van der Waals surface area (Å²) in [4.78, 5) is 12.6. The Balaban J connectivity index is 1.22. The van der Waals surface area contributed by atoms with Crippen molar-refractivity contribution in [1.82, 2.24) is 24.4 Å². The van der Waals surface area contributed by atoms with Crippen LogP contribution in [0.1, 0.15) is 11.1 Å². The fraction of sp³-hybridized carbons (Fsp3) is 0.318. The molecule has 11 heteroatoms. The number of aliphatic imine (C=N–C) groups is 1. The highest BCUT2D eigenvalue weighted by Crippen LogP contribution is 2.33. The van der Waals surface area contributed by atoms with Crippen LogP contribution in [0, 0.1) is 0 Å². The van der Waals surface area contributed by atoms with Gasteiger partial charge in [0.05, 0.1) is 19.0 Å². The molecule has 9 nitrogen and oxygen atoms in total. The number of hydrogen-bond acceptors (Lipinski definition) is 8. The van der Waals surface area contributed by atoms with E-state index in [9.17, 15) is 8.42 Å². The second-order valence-corrected chi connectivity index (χ2v) is 11.2. The van der Waals surface area contributed by atoms with E-state index >= 15 is 0 Å². The molecular formula is C22H25N7O2S2. The Morgan fingerprint density at radius 1 is 1.12 bits per heavy atom. The van der Waals surface area contributed by atoms with Crippen LogP contribution in [0.4, 0.5) is 5.82 Å². The summed E-state index contributed by atoms with van der Waals surface area (Å²) in [5.74, 6) is 0.753. The number of anilines is 1. The Kier molecular flexibility index (Phi) is 6.19. The van der Waals surface area contributed by atoms with E-state index < -0.39 is 10.0 Å². The minimum absolute atomic E-state index is 0.530. The van der Waals surface area contributed by atoms with Crippen LogP contribution in [0.5, 0.6) is 0 Å². The van der Waals surface area contributed by atoms with Crippen molar-refractivity contribution in [2.75, 3.05) is 37.8 Å². The van der Waals surface area contributed by atoms with E-state index in [0.29, 0.717) is 19.6 Å². The minimum atomic E-state index is -3.12. The van der Waals surface area contributed by atoms with Gasteiger partial charge in [-0.05, 0) is 34.9 Å². The summed E-state index contributed by atoms with van der Waals surface area (Å²) in [6.07, 6.45) is 6.77. The SMILES string of the molecule is CS(=O)(=O)N1CCN(Cc2ccnc(NC3=NCc4ccc(-c5cn[nH]c5)cc4S3)c2)CC1. The number of hydrogen-bond donors (Lipinski definition) is 2. The van der Waals surface area contributed by atoms with Crippen molar-refractivity contribution in [1.29, 1.82) is 0 Å². The third kappa shape index (κ3) is 5.27. The summed E-state index contributed by atoms with van der Waals surface area (Å²) in [7, 11) is -3.12. The van der Waals surface area contributed by atoms with Gasteiger partial charge in [-0.15, -0.1) is 0 Å². The third-order valence-electron chi connectivity index (χ3n) is 5.76. The summed E-state index contributed by atoms with van der Waals surface area (Å²) >= 11 is 1.60. The second kappa shape index (κ2) is 9.26. The Morgan fingerprint density at radius 2 is 1.97 bits per heavy atom. The molecule has 0 bridgehead atoms. The summed E-state index contributed by atoms with van der Waals surface area (Å²) in [5, 5.41) is 11.1. The average molecular weight is 484 g/mol. The van der Waals surface area contributed by atoms with Crippen LogP contribution in [0.15, 0.2) is 58.8 Å². The maximum atomic E-state index is 11.7. The number of aromatic amines is 1. The molecule has 0 aliphatic carbocycles. The van der Waals surface area contributed by atoms with Gasteiger partial charge < -0.3 is 5.32 Å². The molecule has 0 amide bonds. The average Bonchev–Trinajstić information content (AvgIpc) is 3.34. The first-order valence-corrected chi connectivity index (χ1v) is 13.3. The Morgan fingerprint density at radius 3 is 2.73 bits per heavy atom. The molecule has 2 N–H and O–H groups in total. The fourth-order valence-corrected chi connectivity index (χ4v) is 5.72. The van der Waals surface area contributed by atoms with Crippen molar-refractivity contribution in [3.63, 3.8) is 0 Å². The van der Waals surface area contributed by atoms with Gasteiger partial charge in [0.2, 0.25) is 10.0 Å². The quantitative estimate of drug-likeness (QED) is 0.575. The standard InChI is InChI=1S/C22H25N7O2S2/c1-33(30,31)29-8-6-28(7-9-29)15-16-4-5-23-21(10-16)27-22-24-12-18-3-2-17(11-20(18)32-22)19-13-25-26-14-19/h2-5,10-11,13-14H,6-9,12,15H2,1H3,(H,25,26)(H,23,24,27). The van der Waals surface area contributed by atoms with E-state index in [4.69, 9.17) is 0 Å². The number of piperazine rings is 1. The van der Waals surface area contributed by atoms with Gasteiger partial charge in [0.25, 0.3) is 0 Å². The Labute approximate surface area is 197 Å². The molecule has 5 rings (SSSR count). The van der Waals surface area contributed by atoms with Crippen molar-refractivity contribution in [3.8, 4) is 11.1 Å². The number of aromatic nitrogens is 3. The first kappa shape index (κ1) is 22.1. The number of H-pyrrole nitrogens is 1. The normalized spacial score (nSPS) is 17.4. The van der Waals surface area contributed by atoms with Gasteiger partial charge in [-0.3, -0.25) is 15.0 Å². The Bertz CT molecular complexity index is 1270. The second-order valence-electron chi connectivity index (χ2n) is 8.15. The van der Waals surface area contributed by atoms with Crippen molar-refractivity contribution < 1.29 is 8.42 Å². The molecule has 3 aromatic rings. The van der Waals surface area contributed by atoms with Gasteiger partial charge in [0.15, 0.2) is 5.17 Å². The van der Waals surface area contributed by atoms with E-state index in [1.54, 1.807) is 18.0 Å². The van der Waals surface area contributed by atoms with E-state index in [0.717, 1.165) is 47.3 Å². The van der Waals surface area contributed by atoms with Gasteiger partial charge >= 0.3 is 0 Å². The lowest BCUT2D eigenvalue weighted by atomic mass is 10.1. The van der Waals surface area contributed by atoms with Crippen molar-refractivity contribution in [3.05, 3.63) is 60.0 Å². The summed E-state index contributed by atoms with van der Waals surface area (Å²) in [6, 6.07) is 10.4. The largest absolute Gasteiger partial charge is 0.319 e. The maximum absolute atomic E-state index is 11.7. The van der Waals surface area contributed by atoms with Crippen LogP contribution in [-0.2, 0) is 23.1 Å². The molecule has 1 aromatic carbocycles. The smallest absolute Gasteiger partial charge is 0.211 e. The minimum Gasteiger partial charge on any atom is -0.319 e. The molecule has 33 heavy (non-hydrogen) atoms. The van der Waals surface area contributed by atoms with E-state index in [-0.39, 0.29) is 0 Å². The van der Waals surface area contributed by atoms with Crippen molar-refractivity contribution >= 4 is 32.8 Å². The first-order chi connectivity index (χ1) is 15.9. The summed E-state index contributed by atoms with van der Waals surface area (Å²) < 4.78 is 25.0. The predicted octanol–water partition coefficient (Wildman–Crippen LogP) is 2.62. The molecule has 1 saturated heterocycles. The van der Waals surface area contributed by atoms with Crippen LogP contribution in [0.3, 0.4) is 0 Å². The highest BCUT2D eigenvalue weighted by Gasteiger charge is 2.23. The molecule has 0 unspecified atom stereocenters. The zero-order valence-electron chi connectivity index (χ0n) is 18.2. The van der Waals surface area contributed by atoms with Crippen LogP contribution in [0.25, 0.3) is 11.1 Å². The number of fused-ring (bicyclic) bond motifs is 1. The highest BCUT2D eigenvalue weighted by molar-refractivity contribution is 8.14. The number of thioether (sulfide) groups is 1. The molecule has 4 heterocycles. The molecule has 2 aromatic heterocycles. The molecule has 172 valence electrons. The molecule has 0 radical (unpaired) electrons. The number of nitrogens with zero attached hydrogens (tertiary/aromatic N) is 5. The van der Waals surface area contributed by atoms with Crippen molar-refractivity contribution in [2.45, 2.75) is 18.0 Å². The lowest BCUT2D eigenvalue weighted by molar-refractivity contribution is 0.182. The summed E-state index contributed by atoms with van der Waals surface area (Å²) in [5.41, 5.74) is 4.51. The first-order valence-electron chi connectivity index (χ1n) is 10.7. The van der Waals surface area contributed by atoms with Gasteiger partial charge in [-0.25, -0.2) is 13.4 Å².